The lowest BCUT2D eigenvalue weighted by Crippen LogP contribution is -2.48. The summed E-state index contributed by atoms with van der Waals surface area (Å²) in [4.78, 5) is 16.4. The lowest BCUT2D eigenvalue weighted by molar-refractivity contribution is -0.134. The highest BCUT2D eigenvalue weighted by molar-refractivity contribution is 5.81. The third-order valence-corrected chi connectivity index (χ3v) is 3.66. The summed E-state index contributed by atoms with van der Waals surface area (Å²) in [5.74, 6) is 0.933. The summed E-state index contributed by atoms with van der Waals surface area (Å²) in [6.07, 6.45) is 1.19. The van der Waals surface area contributed by atoms with Gasteiger partial charge >= 0.3 is 0 Å². The van der Waals surface area contributed by atoms with Crippen molar-refractivity contribution in [2.24, 2.45) is 17.6 Å². The van der Waals surface area contributed by atoms with E-state index >= 15 is 0 Å². The molecule has 0 aromatic carbocycles. The molecule has 4 heteroatoms. The van der Waals surface area contributed by atoms with Crippen LogP contribution in [0.1, 0.15) is 27.2 Å². The minimum absolute atomic E-state index is 0.108. The molecule has 1 saturated heterocycles. The van der Waals surface area contributed by atoms with Gasteiger partial charge in [-0.3, -0.25) is 4.79 Å². The van der Waals surface area contributed by atoms with Crippen LogP contribution in [0.4, 0.5) is 0 Å². The largest absolute Gasteiger partial charge is 0.341 e. The summed E-state index contributed by atoms with van der Waals surface area (Å²) in [6.45, 7) is 9.90. The smallest absolute Gasteiger partial charge is 0.239 e. The predicted molar refractivity (Wildman–Crippen MR) is 70.7 cm³/mol. The topological polar surface area (TPSA) is 49.6 Å². The van der Waals surface area contributed by atoms with Crippen LogP contribution in [0.15, 0.2) is 0 Å². The number of nitrogens with two attached hydrogens (primary N) is 1. The first kappa shape index (κ1) is 14.5. The van der Waals surface area contributed by atoms with Gasteiger partial charge < -0.3 is 15.5 Å². The van der Waals surface area contributed by atoms with Crippen molar-refractivity contribution in [2.75, 3.05) is 33.2 Å². The van der Waals surface area contributed by atoms with E-state index in [1.807, 2.05) is 25.7 Å². The second kappa shape index (κ2) is 6.36. The zero-order chi connectivity index (χ0) is 13.0. The number of rotatable bonds is 5. The minimum atomic E-state index is -0.353. The average molecular weight is 241 g/mol. The van der Waals surface area contributed by atoms with Crippen LogP contribution in [0.2, 0.25) is 0 Å². The molecule has 4 nitrogen and oxygen atoms in total. The molecule has 0 aliphatic carbocycles. The van der Waals surface area contributed by atoms with Gasteiger partial charge in [0.2, 0.25) is 5.91 Å². The van der Waals surface area contributed by atoms with Gasteiger partial charge in [-0.1, -0.05) is 13.8 Å². The molecule has 1 amide bonds. The Balaban J connectivity index is 2.50. The molecule has 1 fully saturated rings. The van der Waals surface area contributed by atoms with Crippen molar-refractivity contribution in [3.63, 3.8) is 0 Å². The van der Waals surface area contributed by atoms with E-state index in [9.17, 15) is 4.79 Å². The van der Waals surface area contributed by atoms with Crippen LogP contribution in [0.3, 0.4) is 0 Å². The molecular weight excluding hydrogens is 214 g/mol. The summed E-state index contributed by atoms with van der Waals surface area (Å²) in [7, 11) is 2.14. The summed E-state index contributed by atoms with van der Waals surface area (Å²) < 4.78 is 0. The van der Waals surface area contributed by atoms with E-state index in [0.29, 0.717) is 5.92 Å². The van der Waals surface area contributed by atoms with Gasteiger partial charge in [-0.25, -0.2) is 0 Å². The van der Waals surface area contributed by atoms with Crippen molar-refractivity contribution >= 4 is 5.91 Å². The maximum Gasteiger partial charge on any atom is 0.239 e. The van der Waals surface area contributed by atoms with Crippen molar-refractivity contribution in [3.05, 3.63) is 0 Å². The van der Waals surface area contributed by atoms with E-state index in [2.05, 4.69) is 11.9 Å². The highest BCUT2D eigenvalue weighted by Crippen LogP contribution is 2.16. The van der Waals surface area contributed by atoms with Crippen LogP contribution in [-0.2, 0) is 4.79 Å². The molecule has 17 heavy (non-hydrogen) atoms. The molecule has 100 valence electrons. The second-order valence-electron chi connectivity index (χ2n) is 5.56. The second-order valence-corrected chi connectivity index (χ2v) is 5.56. The molecule has 0 saturated carbocycles. The first-order chi connectivity index (χ1) is 7.95. The summed E-state index contributed by atoms with van der Waals surface area (Å²) >= 11 is 0. The standard InChI is InChI=1S/C13H27N3O/c1-5-16(13(17)12(14)10(2)3)9-11-6-7-15(4)8-11/h10-12H,5-9,14H2,1-4H3. The average Bonchev–Trinajstić information content (AvgIpc) is 2.69. The maximum atomic E-state index is 12.2. The Bertz CT molecular complexity index is 255. The molecule has 1 rings (SSSR count). The number of carbonyl (C=O) groups excluding carboxylic acids is 1. The van der Waals surface area contributed by atoms with Gasteiger partial charge in [-0.05, 0) is 38.8 Å². The molecule has 1 aliphatic heterocycles. The summed E-state index contributed by atoms with van der Waals surface area (Å²) in [6, 6.07) is -0.353. The van der Waals surface area contributed by atoms with E-state index in [-0.39, 0.29) is 17.9 Å². The molecule has 2 atom stereocenters. The summed E-state index contributed by atoms with van der Waals surface area (Å²) in [5, 5.41) is 0. The Labute approximate surface area is 105 Å². The Morgan fingerprint density at radius 1 is 1.53 bits per heavy atom. The van der Waals surface area contributed by atoms with Gasteiger partial charge in [0.05, 0.1) is 6.04 Å². The van der Waals surface area contributed by atoms with Gasteiger partial charge in [0, 0.05) is 19.6 Å². The number of carbonyl (C=O) groups is 1. The molecule has 0 bridgehead atoms. The van der Waals surface area contributed by atoms with E-state index in [0.717, 1.165) is 26.2 Å². The Morgan fingerprint density at radius 2 is 2.18 bits per heavy atom. The zero-order valence-corrected chi connectivity index (χ0v) is 11.6. The highest BCUT2D eigenvalue weighted by atomic mass is 16.2. The molecule has 0 aromatic heterocycles. The number of likely N-dealkylation sites (N-methyl/N-ethyl adjacent to an activating group) is 1. The van der Waals surface area contributed by atoms with Crippen LogP contribution in [0, 0.1) is 11.8 Å². The van der Waals surface area contributed by atoms with Gasteiger partial charge in [0.1, 0.15) is 0 Å². The normalized spacial score (nSPS) is 23.1. The lowest BCUT2D eigenvalue weighted by Gasteiger charge is -2.28. The molecule has 0 radical (unpaired) electrons. The van der Waals surface area contributed by atoms with Crippen molar-refractivity contribution in [3.8, 4) is 0 Å². The molecule has 0 aromatic rings. The monoisotopic (exact) mass is 241 g/mol. The summed E-state index contributed by atoms with van der Waals surface area (Å²) in [5.41, 5.74) is 5.94. The van der Waals surface area contributed by atoms with Crippen LogP contribution in [0.5, 0.6) is 0 Å². The lowest BCUT2D eigenvalue weighted by atomic mass is 10.0. The molecule has 2 N–H and O–H groups in total. The fraction of sp³-hybridized carbons (Fsp3) is 0.923. The fourth-order valence-electron chi connectivity index (χ4n) is 2.36. The molecule has 1 aliphatic rings. The van der Waals surface area contributed by atoms with Crippen molar-refractivity contribution < 1.29 is 4.79 Å². The van der Waals surface area contributed by atoms with E-state index in [1.54, 1.807) is 0 Å². The molecule has 2 unspecified atom stereocenters. The van der Waals surface area contributed by atoms with E-state index in [1.165, 1.54) is 6.42 Å². The predicted octanol–water partition coefficient (Wildman–Crippen LogP) is 0.770. The SMILES string of the molecule is CCN(CC1CCN(C)C1)C(=O)C(N)C(C)C. The Kier molecular flexibility index (Phi) is 5.40. The van der Waals surface area contributed by atoms with Crippen LogP contribution in [0.25, 0.3) is 0 Å². The van der Waals surface area contributed by atoms with Crippen LogP contribution in [-0.4, -0.2) is 55.0 Å². The number of likely N-dealkylation sites (tertiary alicyclic amines) is 1. The molecular formula is C13H27N3O. The van der Waals surface area contributed by atoms with Gasteiger partial charge in [-0.15, -0.1) is 0 Å². The van der Waals surface area contributed by atoms with Crippen molar-refractivity contribution in [1.29, 1.82) is 0 Å². The van der Waals surface area contributed by atoms with Crippen molar-refractivity contribution in [1.82, 2.24) is 9.80 Å². The highest BCUT2D eigenvalue weighted by Gasteiger charge is 2.27. The van der Waals surface area contributed by atoms with Gasteiger partial charge in [0.15, 0.2) is 0 Å². The van der Waals surface area contributed by atoms with Crippen LogP contribution >= 0.6 is 0 Å². The van der Waals surface area contributed by atoms with Crippen molar-refractivity contribution in [2.45, 2.75) is 33.2 Å². The first-order valence-electron chi connectivity index (χ1n) is 6.68. The van der Waals surface area contributed by atoms with E-state index in [4.69, 9.17) is 5.73 Å². The fourth-order valence-corrected chi connectivity index (χ4v) is 2.36. The van der Waals surface area contributed by atoms with Gasteiger partial charge in [-0.2, -0.15) is 0 Å². The number of nitrogens with zero attached hydrogens (tertiary/aromatic N) is 2. The molecule has 0 spiro atoms. The quantitative estimate of drug-likeness (QED) is 0.773. The Hall–Kier alpha value is -0.610. The Morgan fingerprint density at radius 3 is 2.59 bits per heavy atom. The number of hydrogen-bond acceptors (Lipinski definition) is 3. The van der Waals surface area contributed by atoms with E-state index < -0.39 is 0 Å². The number of hydrogen-bond donors (Lipinski definition) is 1. The van der Waals surface area contributed by atoms with Gasteiger partial charge in [0.25, 0.3) is 0 Å². The van der Waals surface area contributed by atoms with Crippen LogP contribution < -0.4 is 5.73 Å². The zero-order valence-electron chi connectivity index (χ0n) is 11.6. The number of amides is 1. The first-order valence-corrected chi connectivity index (χ1v) is 6.68. The molecule has 1 heterocycles. The third kappa shape index (κ3) is 3.96. The minimum Gasteiger partial charge on any atom is -0.341 e. The maximum absolute atomic E-state index is 12.2. The third-order valence-electron chi connectivity index (χ3n) is 3.66.